The van der Waals surface area contributed by atoms with Crippen LogP contribution in [0.5, 0.6) is 5.75 Å². The number of aromatic nitrogens is 1. The number of alkyl halides is 2. The van der Waals surface area contributed by atoms with Crippen LogP contribution in [0.3, 0.4) is 0 Å². The molecule has 37 heavy (non-hydrogen) atoms. The van der Waals surface area contributed by atoms with E-state index >= 15 is 0 Å². The van der Waals surface area contributed by atoms with Gasteiger partial charge in [-0.3, -0.25) is 4.98 Å². The lowest BCUT2D eigenvalue weighted by Gasteiger charge is -2.22. The lowest BCUT2D eigenvalue weighted by Crippen LogP contribution is -2.25. The van der Waals surface area contributed by atoms with Crippen molar-refractivity contribution in [3.63, 3.8) is 0 Å². The van der Waals surface area contributed by atoms with E-state index in [1.165, 1.54) is 19.3 Å². The lowest BCUT2D eigenvalue weighted by molar-refractivity contribution is -0.189. The summed E-state index contributed by atoms with van der Waals surface area (Å²) in [4.78, 5) is 4.25. The van der Waals surface area contributed by atoms with Crippen molar-refractivity contribution in [1.29, 1.82) is 0 Å². The van der Waals surface area contributed by atoms with Gasteiger partial charge in [0.25, 0.3) is 0 Å². The van der Waals surface area contributed by atoms with Crippen LogP contribution in [0.4, 0.5) is 30.7 Å². The van der Waals surface area contributed by atoms with Crippen LogP contribution in [0.2, 0.25) is 0 Å². The second-order valence-electron chi connectivity index (χ2n) is 9.08. The first-order chi connectivity index (χ1) is 17.6. The maximum absolute atomic E-state index is 14.7. The third-order valence-corrected chi connectivity index (χ3v) is 6.45. The van der Waals surface area contributed by atoms with E-state index in [0.717, 1.165) is 30.4 Å². The normalized spacial score (nSPS) is 16.0. The number of benzene rings is 2. The summed E-state index contributed by atoms with van der Waals surface area (Å²) in [7, 11) is 0. The molecule has 0 fully saturated rings. The molecule has 1 aliphatic carbocycles. The summed E-state index contributed by atoms with van der Waals surface area (Å²) in [5, 5.41) is 0. The van der Waals surface area contributed by atoms with Crippen molar-refractivity contribution in [1.82, 2.24) is 4.98 Å². The fraction of sp³-hybridized carbons (Fsp3) is 0.321. The van der Waals surface area contributed by atoms with E-state index in [9.17, 15) is 30.7 Å². The van der Waals surface area contributed by atoms with Crippen LogP contribution in [0.25, 0.3) is 16.8 Å². The highest BCUT2D eigenvalue weighted by molar-refractivity contribution is 5.68. The SMILES string of the molecule is CCCCC1CC=C(c2ccc(-c3cc(F)c(C(F)(F)Oc4cc(F)c(F)c(F)c4)c(F)c3)nc2)CC1. The molecule has 1 aromatic heterocycles. The van der Waals surface area contributed by atoms with Gasteiger partial charge in [-0.1, -0.05) is 38.3 Å². The summed E-state index contributed by atoms with van der Waals surface area (Å²) in [6, 6.07) is 4.94. The number of hydrogen-bond donors (Lipinski definition) is 0. The molecule has 1 heterocycles. The molecule has 2 nitrogen and oxygen atoms in total. The van der Waals surface area contributed by atoms with Gasteiger partial charge in [0.1, 0.15) is 22.9 Å². The standard InChI is InChI=1S/C28H24F7NO/c1-2-3-4-16-5-7-17(8-6-16)18-9-10-25(36-15-18)19-11-21(29)26(22(30)12-19)28(34,35)37-20-13-23(31)27(33)24(32)14-20/h7,9-16H,2-6,8H2,1H3. The van der Waals surface area contributed by atoms with Gasteiger partial charge in [0, 0.05) is 23.9 Å². The zero-order chi connectivity index (χ0) is 26.7. The first-order valence-electron chi connectivity index (χ1n) is 12.0. The Morgan fingerprint density at radius 3 is 2.14 bits per heavy atom. The molecule has 2 aromatic carbocycles. The summed E-state index contributed by atoms with van der Waals surface area (Å²) < 4.78 is 102. The van der Waals surface area contributed by atoms with Crippen molar-refractivity contribution in [2.45, 2.75) is 51.6 Å². The lowest BCUT2D eigenvalue weighted by atomic mass is 9.84. The number of halogens is 7. The molecule has 3 aromatic rings. The molecule has 0 amide bonds. The summed E-state index contributed by atoms with van der Waals surface area (Å²) in [5.74, 6) is -9.26. The third kappa shape index (κ3) is 5.97. The van der Waals surface area contributed by atoms with Gasteiger partial charge >= 0.3 is 6.11 Å². The number of ether oxygens (including phenoxy) is 1. The predicted molar refractivity (Wildman–Crippen MR) is 125 cm³/mol. The van der Waals surface area contributed by atoms with Gasteiger partial charge in [0.05, 0.1) is 5.69 Å². The van der Waals surface area contributed by atoms with E-state index in [4.69, 9.17) is 0 Å². The monoisotopic (exact) mass is 523 g/mol. The minimum atomic E-state index is -4.65. The highest BCUT2D eigenvalue weighted by Crippen LogP contribution is 2.38. The summed E-state index contributed by atoms with van der Waals surface area (Å²) in [6.07, 6.45) is 5.67. The van der Waals surface area contributed by atoms with Crippen LogP contribution in [0.1, 0.15) is 56.6 Å². The van der Waals surface area contributed by atoms with Crippen molar-refractivity contribution < 1.29 is 35.5 Å². The molecule has 0 radical (unpaired) electrons. The van der Waals surface area contributed by atoms with Gasteiger partial charge in [-0.15, -0.1) is 0 Å². The number of nitrogens with zero attached hydrogens (tertiary/aromatic N) is 1. The summed E-state index contributed by atoms with van der Waals surface area (Å²) >= 11 is 0. The molecule has 0 bridgehead atoms. The Hall–Kier alpha value is -3.36. The second-order valence-corrected chi connectivity index (χ2v) is 9.08. The largest absolute Gasteiger partial charge is 0.432 e. The predicted octanol–water partition coefficient (Wildman–Crippen LogP) is 8.95. The Balaban J connectivity index is 1.53. The van der Waals surface area contributed by atoms with Crippen molar-refractivity contribution in [2.24, 2.45) is 5.92 Å². The Morgan fingerprint density at radius 2 is 1.59 bits per heavy atom. The molecule has 1 atom stereocenters. The van der Waals surface area contributed by atoms with Crippen LogP contribution < -0.4 is 4.74 Å². The maximum Gasteiger partial charge on any atom is 0.432 e. The highest BCUT2D eigenvalue weighted by Gasteiger charge is 2.41. The maximum atomic E-state index is 14.7. The zero-order valence-corrected chi connectivity index (χ0v) is 19.9. The van der Waals surface area contributed by atoms with Gasteiger partial charge < -0.3 is 4.74 Å². The van der Waals surface area contributed by atoms with Crippen molar-refractivity contribution >= 4 is 5.57 Å². The van der Waals surface area contributed by atoms with E-state index in [1.54, 1.807) is 18.3 Å². The van der Waals surface area contributed by atoms with E-state index in [-0.39, 0.29) is 23.4 Å². The fourth-order valence-corrected chi connectivity index (χ4v) is 4.45. The average molecular weight is 523 g/mol. The van der Waals surface area contributed by atoms with Crippen molar-refractivity contribution in [2.75, 3.05) is 0 Å². The molecule has 196 valence electrons. The molecular formula is C28H24F7NO. The Bertz CT molecular complexity index is 1260. The molecular weight excluding hydrogens is 499 g/mol. The molecule has 0 spiro atoms. The Kier molecular flexibility index (Phi) is 7.90. The van der Waals surface area contributed by atoms with Gasteiger partial charge in [0.15, 0.2) is 17.5 Å². The van der Waals surface area contributed by atoms with Gasteiger partial charge in [0.2, 0.25) is 0 Å². The van der Waals surface area contributed by atoms with Crippen LogP contribution >= 0.6 is 0 Å². The molecule has 1 unspecified atom stereocenters. The minimum absolute atomic E-state index is 0.0859. The van der Waals surface area contributed by atoms with Gasteiger partial charge in [-0.2, -0.15) is 8.78 Å². The second kappa shape index (κ2) is 10.9. The number of hydrogen-bond acceptors (Lipinski definition) is 2. The van der Waals surface area contributed by atoms with Gasteiger partial charge in [-0.25, -0.2) is 22.0 Å². The van der Waals surface area contributed by atoms with Crippen LogP contribution in [-0.2, 0) is 6.11 Å². The summed E-state index contributed by atoms with van der Waals surface area (Å²) in [6.45, 7) is 2.17. The van der Waals surface area contributed by atoms with Crippen molar-refractivity contribution in [3.8, 4) is 17.0 Å². The fourth-order valence-electron chi connectivity index (χ4n) is 4.45. The van der Waals surface area contributed by atoms with Gasteiger partial charge in [-0.05, 0) is 54.5 Å². The minimum Gasteiger partial charge on any atom is -0.429 e. The molecule has 0 saturated heterocycles. The molecule has 0 N–H and O–H groups in total. The first-order valence-corrected chi connectivity index (χ1v) is 12.0. The van der Waals surface area contributed by atoms with E-state index < -0.39 is 46.5 Å². The average Bonchev–Trinajstić information content (AvgIpc) is 2.85. The third-order valence-electron chi connectivity index (χ3n) is 6.45. The number of rotatable bonds is 8. The Morgan fingerprint density at radius 1 is 0.919 bits per heavy atom. The topological polar surface area (TPSA) is 22.1 Å². The number of allylic oxidation sites excluding steroid dienone is 2. The van der Waals surface area contributed by atoms with Crippen molar-refractivity contribution in [3.05, 3.63) is 88.9 Å². The Labute approximate surface area is 209 Å². The number of unbranched alkanes of at least 4 members (excludes halogenated alkanes) is 1. The molecule has 0 saturated carbocycles. The van der Waals surface area contributed by atoms with Crippen LogP contribution in [0.15, 0.2) is 48.7 Å². The molecule has 0 aliphatic heterocycles. The van der Waals surface area contributed by atoms with E-state index in [0.29, 0.717) is 18.1 Å². The molecule has 9 heteroatoms. The zero-order valence-electron chi connectivity index (χ0n) is 19.9. The van der Waals surface area contributed by atoms with E-state index in [1.807, 2.05) is 0 Å². The van der Waals surface area contributed by atoms with E-state index in [2.05, 4.69) is 22.7 Å². The molecule has 1 aliphatic rings. The van der Waals surface area contributed by atoms with Crippen LogP contribution in [0, 0.1) is 35.0 Å². The van der Waals surface area contributed by atoms with Crippen LogP contribution in [-0.4, -0.2) is 4.98 Å². The first kappa shape index (κ1) is 26.7. The summed E-state index contributed by atoms with van der Waals surface area (Å²) in [5.41, 5.74) is 0.344. The smallest absolute Gasteiger partial charge is 0.429 e. The molecule has 4 rings (SSSR count). The quantitative estimate of drug-likeness (QED) is 0.217. The number of pyridine rings is 1. The highest BCUT2D eigenvalue weighted by atomic mass is 19.3.